The van der Waals surface area contributed by atoms with Crippen LogP contribution in [-0.4, -0.2) is 38.8 Å². The number of H-pyrrole nitrogens is 1. The summed E-state index contributed by atoms with van der Waals surface area (Å²) in [5, 5.41) is 3.30. The van der Waals surface area contributed by atoms with Crippen LogP contribution in [0.1, 0.15) is 52.7 Å². The minimum Gasteiger partial charge on any atom is -0.338 e. The number of carbonyl (C=O) groups is 1. The van der Waals surface area contributed by atoms with Crippen LogP contribution in [0.3, 0.4) is 0 Å². The third-order valence-corrected chi connectivity index (χ3v) is 4.98. The summed E-state index contributed by atoms with van der Waals surface area (Å²) < 4.78 is 0. The molecule has 1 aliphatic rings. The molecule has 1 N–H and O–H groups in total. The zero-order valence-corrected chi connectivity index (χ0v) is 13.2. The van der Waals surface area contributed by atoms with Crippen molar-refractivity contribution in [2.75, 3.05) is 13.1 Å². The highest BCUT2D eigenvalue weighted by molar-refractivity contribution is 7.09. The first-order valence-corrected chi connectivity index (χ1v) is 8.30. The Morgan fingerprint density at radius 1 is 1.57 bits per heavy atom. The molecule has 5 nitrogen and oxygen atoms in total. The second-order valence-corrected chi connectivity index (χ2v) is 6.39. The maximum absolute atomic E-state index is 12.5. The molecule has 1 amide bonds. The van der Waals surface area contributed by atoms with Crippen LogP contribution < -0.4 is 0 Å². The molecule has 6 heteroatoms. The van der Waals surface area contributed by atoms with Crippen molar-refractivity contribution in [3.05, 3.63) is 33.8 Å². The number of nitrogens with one attached hydrogen (secondary N) is 1. The lowest BCUT2D eigenvalue weighted by atomic mass is 9.98. The Morgan fingerprint density at radius 2 is 2.43 bits per heavy atom. The monoisotopic (exact) mass is 304 g/mol. The van der Waals surface area contributed by atoms with Crippen molar-refractivity contribution >= 4 is 17.2 Å². The number of aromatic amines is 1. The number of hydrogen-bond donors (Lipinski definition) is 1. The number of piperidine rings is 1. The van der Waals surface area contributed by atoms with Crippen molar-refractivity contribution in [1.82, 2.24) is 19.9 Å². The van der Waals surface area contributed by atoms with E-state index in [0.717, 1.165) is 43.9 Å². The van der Waals surface area contributed by atoms with Gasteiger partial charge in [-0.25, -0.2) is 9.97 Å². The number of rotatable bonds is 3. The fourth-order valence-corrected chi connectivity index (χ4v) is 3.77. The SMILES string of the molecule is CCc1csc([C@@H]2CCCN(C(=O)c3cnc(C)[nH]3)C2)n1. The second-order valence-electron chi connectivity index (χ2n) is 5.50. The smallest absolute Gasteiger partial charge is 0.271 e. The molecule has 2 aromatic rings. The summed E-state index contributed by atoms with van der Waals surface area (Å²) in [4.78, 5) is 26.2. The van der Waals surface area contributed by atoms with Crippen molar-refractivity contribution in [2.24, 2.45) is 0 Å². The molecule has 1 saturated heterocycles. The topological polar surface area (TPSA) is 61.9 Å². The largest absolute Gasteiger partial charge is 0.338 e. The number of imidazole rings is 1. The van der Waals surface area contributed by atoms with Crippen LogP contribution in [0.25, 0.3) is 0 Å². The van der Waals surface area contributed by atoms with Gasteiger partial charge in [0.05, 0.1) is 16.9 Å². The van der Waals surface area contributed by atoms with Crippen molar-refractivity contribution in [2.45, 2.75) is 39.0 Å². The predicted octanol–water partition coefficient (Wildman–Crippen LogP) is 2.76. The van der Waals surface area contributed by atoms with Crippen molar-refractivity contribution in [3.63, 3.8) is 0 Å². The van der Waals surface area contributed by atoms with Crippen LogP contribution in [0.5, 0.6) is 0 Å². The van der Waals surface area contributed by atoms with Crippen LogP contribution in [0.2, 0.25) is 0 Å². The molecule has 1 aliphatic heterocycles. The minimum absolute atomic E-state index is 0.0487. The highest BCUT2D eigenvalue weighted by Crippen LogP contribution is 2.29. The van der Waals surface area contributed by atoms with Gasteiger partial charge in [-0.2, -0.15) is 0 Å². The zero-order valence-electron chi connectivity index (χ0n) is 12.4. The maximum atomic E-state index is 12.5. The number of aromatic nitrogens is 3. The Morgan fingerprint density at radius 3 is 3.10 bits per heavy atom. The van der Waals surface area contributed by atoms with Gasteiger partial charge < -0.3 is 9.88 Å². The lowest BCUT2D eigenvalue weighted by Crippen LogP contribution is -2.39. The molecule has 0 aromatic carbocycles. The van der Waals surface area contributed by atoms with Crippen molar-refractivity contribution < 1.29 is 4.79 Å². The first-order valence-electron chi connectivity index (χ1n) is 7.42. The highest BCUT2D eigenvalue weighted by atomic mass is 32.1. The van der Waals surface area contributed by atoms with Gasteiger partial charge in [-0.15, -0.1) is 11.3 Å². The molecule has 0 saturated carbocycles. The number of carbonyl (C=O) groups excluding carboxylic acids is 1. The molecule has 0 aliphatic carbocycles. The van der Waals surface area contributed by atoms with Crippen LogP contribution in [0, 0.1) is 6.92 Å². The van der Waals surface area contributed by atoms with E-state index < -0.39 is 0 Å². The van der Waals surface area contributed by atoms with Gasteiger partial charge in [0.15, 0.2) is 0 Å². The molecule has 112 valence electrons. The van der Waals surface area contributed by atoms with E-state index in [1.54, 1.807) is 17.5 Å². The van der Waals surface area contributed by atoms with E-state index in [0.29, 0.717) is 11.6 Å². The molecule has 1 fully saturated rings. The average molecular weight is 304 g/mol. The zero-order chi connectivity index (χ0) is 14.8. The number of hydrogen-bond acceptors (Lipinski definition) is 4. The second kappa shape index (κ2) is 5.97. The standard InChI is InChI=1S/C15H20N4OS/c1-3-12-9-21-14(18-12)11-5-4-6-19(8-11)15(20)13-7-16-10(2)17-13/h7,9,11H,3-6,8H2,1-2H3,(H,16,17)/t11-/m1/s1. The molecular formula is C15H20N4OS. The highest BCUT2D eigenvalue weighted by Gasteiger charge is 2.27. The molecule has 3 rings (SSSR count). The summed E-state index contributed by atoms with van der Waals surface area (Å²) >= 11 is 1.73. The van der Waals surface area contributed by atoms with E-state index in [1.807, 2.05) is 11.8 Å². The third-order valence-electron chi connectivity index (χ3n) is 3.92. The molecule has 1 atom stereocenters. The first kappa shape index (κ1) is 14.3. The van der Waals surface area contributed by atoms with Crippen LogP contribution in [-0.2, 0) is 6.42 Å². The Kier molecular flexibility index (Phi) is 4.05. The summed E-state index contributed by atoms with van der Waals surface area (Å²) in [6.07, 6.45) is 4.74. The van der Waals surface area contributed by atoms with E-state index in [1.165, 1.54) is 5.01 Å². The number of amides is 1. The van der Waals surface area contributed by atoms with Gasteiger partial charge in [-0.05, 0) is 26.2 Å². The quantitative estimate of drug-likeness (QED) is 0.948. The van der Waals surface area contributed by atoms with Crippen LogP contribution in [0.4, 0.5) is 0 Å². The first-order chi connectivity index (χ1) is 10.2. The predicted molar refractivity (Wildman–Crippen MR) is 82.7 cm³/mol. The van der Waals surface area contributed by atoms with E-state index in [2.05, 4.69) is 27.3 Å². The Labute approximate surface area is 128 Å². The molecule has 0 unspecified atom stereocenters. The fraction of sp³-hybridized carbons (Fsp3) is 0.533. The van der Waals surface area contributed by atoms with E-state index in [-0.39, 0.29) is 5.91 Å². The summed E-state index contributed by atoms with van der Waals surface area (Å²) in [7, 11) is 0. The maximum Gasteiger partial charge on any atom is 0.271 e. The van der Waals surface area contributed by atoms with E-state index in [4.69, 9.17) is 0 Å². The fourth-order valence-electron chi connectivity index (χ4n) is 2.74. The molecule has 0 bridgehead atoms. The van der Waals surface area contributed by atoms with E-state index in [9.17, 15) is 4.79 Å². The summed E-state index contributed by atoms with van der Waals surface area (Å²) in [6.45, 7) is 5.56. The summed E-state index contributed by atoms with van der Waals surface area (Å²) in [6, 6.07) is 0. The summed E-state index contributed by atoms with van der Waals surface area (Å²) in [5.74, 6) is 1.20. The van der Waals surface area contributed by atoms with Crippen molar-refractivity contribution in [3.8, 4) is 0 Å². The van der Waals surface area contributed by atoms with Gasteiger partial charge in [0, 0.05) is 24.4 Å². The molecule has 2 aromatic heterocycles. The lowest BCUT2D eigenvalue weighted by Gasteiger charge is -2.31. The van der Waals surface area contributed by atoms with Gasteiger partial charge in [0.2, 0.25) is 0 Å². The molecule has 0 spiro atoms. The summed E-state index contributed by atoms with van der Waals surface area (Å²) in [5.41, 5.74) is 1.74. The lowest BCUT2D eigenvalue weighted by molar-refractivity contribution is 0.0701. The number of nitrogens with zero attached hydrogens (tertiary/aromatic N) is 3. The Bertz CT molecular complexity index is 633. The van der Waals surface area contributed by atoms with Gasteiger partial charge in [0.1, 0.15) is 11.5 Å². The van der Waals surface area contributed by atoms with Crippen molar-refractivity contribution in [1.29, 1.82) is 0 Å². The average Bonchev–Trinajstić information content (AvgIpc) is 3.15. The molecule has 21 heavy (non-hydrogen) atoms. The molecule has 3 heterocycles. The number of thiazole rings is 1. The van der Waals surface area contributed by atoms with Crippen LogP contribution in [0.15, 0.2) is 11.6 Å². The molecular weight excluding hydrogens is 284 g/mol. The third kappa shape index (κ3) is 3.00. The van der Waals surface area contributed by atoms with E-state index >= 15 is 0 Å². The number of likely N-dealkylation sites (tertiary alicyclic amines) is 1. The Balaban J connectivity index is 1.72. The van der Waals surface area contributed by atoms with Crippen LogP contribution >= 0.6 is 11.3 Å². The normalized spacial score (nSPS) is 19.0. The number of aryl methyl sites for hydroxylation is 2. The van der Waals surface area contributed by atoms with Gasteiger partial charge >= 0.3 is 0 Å². The Hall–Kier alpha value is -1.69. The van der Waals surface area contributed by atoms with Gasteiger partial charge in [-0.1, -0.05) is 6.92 Å². The molecule has 0 radical (unpaired) electrons. The minimum atomic E-state index is 0.0487. The van der Waals surface area contributed by atoms with Gasteiger partial charge in [0.25, 0.3) is 5.91 Å². The van der Waals surface area contributed by atoms with Gasteiger partial charge in [-0.3, -0.25) is 4.79 Å².